The monoisotopic (exact) mass is 631 g/mol. The number of fused-ring (bicyclic) bond motifs is 8. The molecule has 0 spiro atoms. The Balaban J connectivity index is 1.13. The Bertz CT molecular complexity index is 2900. The molecule has 3 nitrogen and oxygen atoms in total. The highest BCUT2D eigenvalue weighted by atomic mass is 35.5. The van der Waals surface area contributed by atoms with Crippen LogP contribution in [0, 0.1) is 0 Å². The van der Waals surface area contributed by atoms with Crippen molar-refractivity contribution in [1.82, 2.24) is 14.5 Å². The van der Waals surface area contributed by atoms with Crippen LogP contribution in [-0.4, -0.2) is 14.5 Å². The average Bonchev–Trinajstić information content (AvgIpc) is 3.46. The summed E-state index contributed by atoms with van der Waals surface area (Å²) in [5.74, 6) is 0.719. The molecule has 2 aromatic heterocycles. The summed E-state index contributed by atoms with van der Waals surface area (Å²) in [6.07, 6.45) is 0. The van der Waals surface area contributed by atoms with E-state index >= 15 is 0 Å². The maximum absolute atomic E-state index is 6.37. The molecule has 224 valence electrons. The van der Waals surface area contributed by atoms with E-state index in [-0.39, 0.29) is 0 Å². The fourth-order valence-corrected chi connectivity index (χ4v) is 7.48. The number of nitrogens with zero attached hydrogens (tertiary/aromatic N) is 3. The molecule has 48 heavy (non-hydrogen) atoms. The van der Waals surface area contributed by atoms with Gasteiger partial charge in [-0.15, -0.1) is 0 Å². The number of benzene rings is 8. The smallest absolute Gasteiger partial charge is 0.160 e. The molecule has 0 aliphatic carbocycles. The van der Waals surface area contributed by atoms with Crippen LogP contribution in [0.15, 0.2) is 158 Å². The predicted molar refractivity (Wildman–Crippen MR) is 202 cm³/mol. The van der Waals surface area contributed by atoms with E-state index in [4.69, 9.17) is 21.6 Å². The van der Waals surface area contributed by atoms with Crippen molar-refractivity contribution in [2.75, 3.05) is 0 Å². The van der Waals surface area contributed by atoms with Crippen LogP contribution in [0.5, 0.6) is 0 Å². The quantitative estimate of drug-likeness (QED) is 0.182. The van der Waals surface area contributed by atoms with Crippen LogP contribution >= 0.6 is 11.6 Å². The van der Waals surface area contributed by atoms with Crippen molar-refractivity contribution in [2.24, 2.45) is 0 Å². The van der Waals surface area contributed by atoms with Gasteiger partial charge in [0.05, 0.1) is 22.2 Å². The lowest BCUT2D eigenvalue weighted by atomic mass is 9.99. The van der Waals surface area contributed by atoms with Crippen molar-refractivity contribution >= 4 is 76.6 Å². The summed E-state index contributed by atoms with van der Waals surface area (Å²) in [6, 6.07) is 55.7. The lowest BCUT2D eigenvalue weighted by Crippen LogP contribution is -1.97. The van der Waals surface area contributed by atoms with Crippen molar-refractivity contribution in [3.63, 3.8) is 0 Å². The largest absolute Gasteiger partial charge is 0.309 e. The van der Waals surface area contributed by atoms with Crippen molar-refractivity contribution in [3.05, 3.63) is 163 Å². The molecule has 0 bridgehead atoms. The Hall–Kier alpha value is -6.03. The van der Waals surface area contributed by atoms with Crippen LogP contribution in [0.3, 0.4) is 0 Å². The molecule has 0 aliphatic rings. The molecular weight excluding hydrogens is 606 g/mol. The highest BCUT2D eigenvalue weighted by Crippen LogP contribution is 2.37. The first kappa shape index (κ1) is 27.1. The molecule has 0 fully saturated rings. The Morgan fingerprint density at radius 3 is 1.98 bits per heavy atom. The van der Waals surface area contributed by atoms with Gasteiger partial charge in [0.25, 0.3) is 0 Å². The maximum atomic E-state index is 6.37. The molecule has 0 unspecified atom stereocenters. The van der Waals surface area contributed by atoms with Gasteiger partial charge in [0, 0.05) is 38.0 Å². The minimum Gasteiger partial charge on any atom is -0.309 e. The molecule has 4 heteroatoms. The summed E-state index contributed by atoms with van der Waals surface area (Å²) >= 11 is 6.37. The normalized spacial score (nSPS) is 11.9. The van der Waals surface area contributed by atoms with E-state index in [0.717, 1.165) is 60.5 Å². The predicted octanol–water partition coefficient (Wildman–Crippen LogP) is 12.2. The summed E-state index contributed by atoms with van der Waals surface area (Å²) in [4.78, 5) is 10.3. The van der Waals surface area contributed by atoms with Gasteiger partial charge < -0.3 is 4.57 Å². The van der Waals surface area contributed by atoms with Gasteiger partial charge in [-0.25, -0.2) is 9.97 Å². The van der Waals surface area contributed by atoms with Gasteiger partial charge in [0.2, 0.25) is 0 Å². The van der Waals surface area contributed by atoms with E-state index in [0.29, 0.717) is 0 Å². The zero-order valence-corrected chi connectivity index (χ0v) is 26.5. The zero-order valence-electron chi connectivity index (χ0n) is 25.7. The fourth-order valence-electron chi connectivity index (χ4n) is 7.30. The van der Waals surface area contributed by atoms with Crippen LogP contribution in [0.25, 0.3) is 93.4 Å². The first-order valence-electron chi connectivity index (χ1n) is 16.1. The number of hydrogen-bond donors (Lipinski definition) is 0. The Morgan fingerprint density at radius 1 is 0.417 bits per heavy atom. The van der Waals surface area contributed by atoms with Gasteiger partial charge in [-0.3, -0.25) is 0 Å². The zero-order chi connectivity index (χ0) is 31.8. The van der Waals surface area contributed by atoms with Crippen LogP contribution in [0.2, 0.25) is 5.02 Å². The molecule has 0 N–H and O–H groups in total. The number of para-hydroxylation sites is 2. The number of rotatable bonds is 3. The Morgan fingerprint density at radius 2 is 1.10 bits per heavy atom. The highest BCUT2D eigenvalue weighted by Gasteiger charge is 2.16. The second kappa shape index (κ2) is 10.5. The van der Waals surface area contributed by atoms with Crippen molar-refractivity contribution < 1.29 is 0 Å². The summed E-state index contributed by atoms with van der Waals surface area (Å²) < 4.78 is 2.35. The topological polar surface area (TPSA) is 30.7 Å². The van der Waals surface area contributed by atoms with E-state index in [1.807, 2.05) is 18.2 Å². The molecule has 0 atom stereocenters. The van der Waals surface area contributed by atoms with Gasteiger partial charge in [0.1, 0.15) is 0 Å². The molecule has 2 heterocycles. The van der Waals surface area contributed by atoms with E-state index < -0.39 is 0 Å². The van der Waals surface area contributed by atoms with Crippen molar-refractivity contribution in [3.8, 4) is 28.3 Å². The summed E-state index contributed by atoms with van der Waals surface area (Å²) in [5, 5.41) is 11.4. The van der Waals surface area contributed by atoms with Crippen LogP contribution < -0.4 is 0 Å². The summed E-state index contributed by atoms with van der Waals surface area (Å²) in [6.45, 7) is 0. The van der Waals surface area contributed by atoms with Crippen molar-refractivity contribution in [2.45, 2.75) is 0 Å². The van der Waals surface area contributed by atoms with E-state index in [1.54, 1.807) is 0 Å². The minimum atomic E-state index is 0.719. The third-order valence-electron chi connectivity index (χ3n) is 9.60. The molecule has 0 amide bonds. The van der Waals surface area contributed by atoms with Gasteiger partial charge in [-0.2, -0.15) is 0 Å². The molecule has 0 aliphatic heterocycles. The maximum Gasteiger partial charge on any atom is 0.160 e. The lowest BCUT2D eigenvalue weighted by molar-refractivity contribution is 1.18. The summed E-state index contributed by atoms with van der Waals surface area (Å²) in [7, 11) is 0. The molecule has 8 aromatic carbocycles. The molecule has 0 saturated carbocycles. The van der Waals surface area contributed by atoms with Crippen LogP contribution in [-0.2, 0) is 0 Å². The first-order chi connectivity index (χ1) is 23.7. The molecule has 0 saturated heterocycles. The van der Waals surface area contributed by atoms with Gasteiger partial charge in [0.15, 0.2) is 5.82 Å². The Labute approximate surface area is 281 Å². The van der Waals surface area contributed by atoms with Crippen LogP contribution in [0.1, 0.15) is 0 Å². The molecular formula is C44H26ClN3. The number of aromatic nitrogens is 3. The third-order valence-corrected chi connectivity index (χ3v) is 9.84. The number of hydrogen-bond acceptors (Lipinski definition) is 2. The van der Waals surface area contributed by atoms with Gasteiger partial charge in [-0.1, -0.05) is 115 Å². The standard InChI is InChI=1S/C44H26ClN3/c45-33-20-17-30-26-42-39(25-32(30)23-33)36-9-4-6-12-41(36)48(42)34-21-18-29(19-22-34)43-37-10-3-5-11-40(37)46-44(47-43)31-16-15-28-14-13-27-7-1-2-8-35(27)38(28)24-31/h1-26H. The molecule has 0 radical (unpaired) electrons. The van der Waals surface area contributed by atoms with Gasteiger partial charge in [-0.05, 0) is 86.9 Å². The number of halogens is 1. The molecule has 10 aromatic rings. The van der Waals surface area contributed by atoms with E-state index in [1.165, 1.54) is 37.8 Å². The second-order valence-electron chi connectivity index (χ2n) is 12.4. The minimum absolute atomic E-state index is 0.719. The lowest BCUT2D eigenvalue weighted by Gasteiger charge is -2.12. The van der Waals surface area contributed by atoms with E-state index in [2.05, 4.69) is 144 Å². The third kappa shape index (κ3) is 4.22. The first-order valence-corrected chi connectivity index (χ1v) is 16.5. The molecule has 10 rings (SSSR count). The van der Waals surface area contributed by atoms with Crippen LogP contribution in [0.4, 0.5) is 0 Å². The van der Waals surface area contributed by atoms with E-state index in [9.17, 15) is 0 Å². The summed E-state index contributed by atoms with van der Waals surface area (Å²) in [5.41, 5.74) is 7.32. The SMILES string of the molecule is Clc1ccc2cc3c(cc2c1)c1ccccc1n3-c1ccc(-c2nc(-c3ccc4ccc5ccccc5c4c3)nc3ccccc23)cc1. The van der Waals surface area contributed by atoms with Gasteiger partial charge >= 0.3 is 0 Å². The Kier molecular flexibility index (Phi) is 5.93. The van der Waals surface area contributed by atoms with Crippen molar-refractivity contribution in [1.29, 1.82) is 0 Å². The highest BCUT2D eigenvalue weighted by molar-refractivity contribution is 6.31. The average molecular weight is 632 g/mol. The fraction of sp³-hybridized carbons (Fsp3) is 0. The second-order valence-corrected chi connectivity index (χ2v) is 12.8.